The van der Waals surface area contributed by atoms with Crippen molar-refractivity contribution in [3.8, 4) is 0 Å². The molecule has 0 amide bonds. The predicted octanol–water partition coefficient (Wildman–Crippen LogP) is 2.20. The Morgan fingerprint density at radius 3 is 3.05 bits per heavy atom. The third-order valence-corrected chi connectivity index (χ3v) is 4.14. The highest BCUT2D eigenvalue weighted by atomic mass is 32.1. The van der Waals surface area contributed by atoms with Crippen LogP contribution in [-0.2, 0) is 6.42 Å². The molecular formula is C14H15N5S. The molecule has 102 valence electrons. The highest BCUT2D eigenvalue weighted by molar-refractivity contribution is 7.05. The van der Waals surface area contributed by atoms with Gasteiger partial charge in [-0.1, -0.05) is 23.5 Å². The molecule has 0 aliphatic carbocycles. The van der Waals surface area contributed by atoms with Crippen LogP contribution in [0.2, 0.25) is 0 Å². The second-order valence-corrected chi connectivity index (χ2v) is 5.28. The molecule has 0 aliphatic heterocycles. The van der Waals surface area contributed by atoms with Crippen LogP contribution < -0.4 is 11.3 Å². The van der Waals surface area contributed by atoms with Gasteiger partial charge in [0.05, 0.1) is 22.1 Å². The zero-order chi connectivity index (χ0) is 13.9. The van der Waals surface area contributed by atoms with Gasteiger partial charge in [0.15, 0.2) is 0 Å². The largest absolute Gasteiger partial charge is 0.271 e. The first-order valence-corrected chi connectivity index (χ1v) is 7.22. The maximum absolute atomic E-state index is 5.75. The standard InChI is InChI=1S/C14H15N5S/c1-2-11-14(20-19-18-11)13(17-15)10-5-6-12-9(8-10)4-3-7-16-12/h3-8,13,17H,2,15H2,1H3. The molecule has 5 nitrogen and oxygen atoms in total. The van der Waals surface area contributed by atoms with Crippen LogP contribution in [0.5, 0.6) is 0 Å². The molecule has 0 fully saturated rings. The SMILES string of the molecule is CCc1nnsc1C(NN)c1ccc2ncccc2c1. The van der Waals surface area contributed by atoms with Crippen molar-refractivity contribution in [1.29, 1.82) is 0 Å². The quantitative estimate of drug-likeness (QED) is 0.567. The fourth-order valence-electron chi connectivity index (χ4n) is 2.28. The number of aromatic nitrogens is 3. The van der Waals surface area contributed by atoms with Crippen molar-refractivity contribution in [2.45, 2.75) is 19.4 Å². The van der Waals surface area contributed by atoms with E-state index in [9.17, 15) is 0 Å². The van der Waals surface area contributed by atoms with Crippen LogP contribution in [0, 0.1) is 0 Å². The first-order valence-electron chi connectivity index (χ1n) is 6.45. The molecule has 0 saturated carbocycles. The summed E-state index contributed by atoms with van der Waals surface area (Å²) in [5, 5.41) is 5.25. The topological polar surface area (TPSA) is 76.7 Å². The van der Waals surface area contributed by atoms with Gasteiger partial charge in [0.2, 0.25) is 0 Å². The van der Waals surface area contributed by atoms with Crippen molar-refractivity contribution in [3.63, 3.8) is 0 Å². The van der Waals surface area contributed by atoms with E-state index in [1.54, 1.807) is 6.20 Å². The lowest BCUT2D eigenvalue weighted by molar-refractivity contribution is 0.640. The minimum absolute atomic E-state index is 0.0884. The lowest BCUT2D eigenvalue weighted by Crippen LogP contribution is -2.28. The lowest BCUT2D eigenvalue weighted by Gasteiger charge is -2.15. The molecule has 0 radical (unpaired) electrons. The summed E-state index contributed by atoms with van der Waals surface area (Å²) in [5.41, 5.74) is 5.93. The summed E-state index contributed by atoms with van der Waals surface area (Å²) in [6.45, 7) is 2.07. The monoisotopic (exact) mass is 285 g/mol. The Kier molecular flexibility index (Phi) is 3.68. The van der Waals surface area contributed by atoms with Crippen molar-refractivity contribution in [1.82, 2.24) is 20.0 Å². The molecule has 3 aromatic rings. The average molecular weight is 285 g/mol. The second kappa shape index (κ2) is 5.62. The van der Waals surface area contributed by atoms with Crippen LogP contribution in [0.4, 0.5) is 0 Å². The number of hydrazine groups is 1. The van der Waals surface area contributed by atoms with Gasteiger partial charge >= 0.3 is 0 Å². The molecule has 1 atom stereocenters. The first-order chi connectivity index (χ1) is 9.83. The number of nitrogens with two attached hydrogens (primary N) is 1. The minimum Gasteiger partial charge on any atom is -0.271 e. The Morgan fingerprint density at radius 1 is 1.35 bits per heavy atom. The third kappa shape index (κ3) is 2.29. The molecule has 3 rings (SSSR count). The summed E-state index contributed by atoms with van der Waals surface area (Å²) in [6, 6.07) is 10.0. The van der Waals surface area contributed by atoms with E-state index >= 15 is 0 Å². The van der Waals surface area contributed by atoms with Crippen molar-refractivity contribution < 1.29 is 0 Å². The van der Waals surface area contributed by atoms with Crippen LogP contribution in [0.25, 0.3) is 10.9 Å². The van der Waals surface area contributed by atoms with Crippen LogP contribution in [0.15, 0.2) is 36.5 Å². The van der Waals surface area contributed by atoms with E-state index in [0.717, 1.165) is 33.5 Å². The Hall–Kier alpha value is -1.89. The van der Waals surface area contributed by atoms with E-state index in [1.807, 2.05) is 24.3 Å². The Labute approximate surface area is 121 Å². The number of fused-ring (bicyclic) bond motifs is 1. The van der Waals surface area contributed by atoms with Crippen molar-refractivity contribution >= 4 is 22.4 Å². The molecule has 1 unspecified atom stereocenters. The minimum atomic E-state index is -0.0884. The number of aryl methyl sites for hydroxylation is 1. The molecule has 0 saturated heterocycles. The number of benzene rings is 1. The van der Waals surface area contributed by atoms with Crippen LogP contribution >= 0.6 is 11.5 Å². The molecule has 2 heterocycles. The maximum Gasteiger partial charge on any atom is 0.0837 e. The smallest absolute Gasteiger partial charge is 0.0837 e. The summed E-state index contributed by atoms with van der Waals surface area (Å²) in [5.74, 6) is 5.75. The molecule has 1 aromatic carbocycles. The molecular weight excluding hydrogens is 270 g/mol. The highest BCUT2D eigenvalue weighted by Gasteiger charge is 2.19. The third-order valence-electron chi connectivity index (χ3n) is 3.31. The molecule has 6 heteroatoms. The summed E-state index contributed by atoms with van der Waals surface area (Å²) in [6.07, 6.45) is 2.64. The van der Waals surface area contributed by atoms with E-state index < -0.39 is 0 Å². The maximum atomic E-state index is 5.75. The van der Waals surface area contributed by atoms with Crippen LogP contribution in [0.3, 0.4) is 0 Å². The van der Waals surface area contributed by atoms with Gasteiger partial charge in [-0.3, -0.25) is 10.8 Å². The Balaban J connectivity index is 2.07. The highest BCUT2D eigenvalue weighted by Crippen LogP contribution is 2.28. The normalized spacial score (nSPS) is 12.7. The second-order valence-electron chi connectivity index (χ2n) is 4.49. The van der Waals surface area contributed by atoms with E-state index in [1.165, 1.54) is 11.5 Å². The van der Waals surface area contributed by atoms with Gasteiger partial charge in [-0.15, -0.1) is 5.10 Å². The van der Waals surface area contributed by atoms with E-state index in [0.29, 0.717) is 0 Å². The van der Waals surface area contributed by atoms with Gasteiger partial charge in [0.1, 0.15) is 0 Å². The van der Waals surface area contributed by atoms with Gasteiger partial charge in [-0.2, -0.15) is 0 Å². The number of hydrogen-bond donors (Lipinski definition) is 2. The molecule has 3 N–H and O–H groups in total. The van der Waals surface area contributed by atoms with E-state index in [2.05, 4.69) is 33.0 Å². The van der Waals surface area contributed by atoms with Gasteiger partial charge < -0.3 is 0 Å². The van der Waals surface area contributed by atoms with Crippen molar-refractivity contribution in [2.24, 2.45) is 5.84 Å². The zero-order valence-electron chi connectivity index (χ0n) is 11.1. The van der Waals surface area contributed by atoms with Crippen molar-refractivity contribution in [2.75, 3.05) is 0 Å². The molecule has 2 aromatic heterocycles. The van der Waals surface area contributed by atoms with Gasteiger partial charge in [-0.05, 0) is 41.7 Å². The Morgan fingerprint density at radius 2 is 2.25 bits per heavy atom. The predicted molar refractivity (Wildman–Crippen MR) is 80.2 cm³/mol. The number of nitrogens with zero attached hydrogens (tertiary/aromatic N) is 3. The number of nitrogens with one attached hydrogen (secondary N) is 1. The number of pyridine rings is 1. The average Bonchev–Trinajstić information content (AvgIpc) is 2.96. The lowest BCUT2D eigenvalue weighted by atomic mass is 10.0. The van der Waals surface area contributed by atoms with Crippen LogP contribution in [-0.4, -0.2) is 14.6 Å². The summed E-state index contributed by atoms with van der Waals surface area (Å²) in [7, 11) is 0. The number of rotatable bonds is 4. The van der Waals surface area contributed by atoms with Crippen LogP contribution in [0.1, 0.15) is 29.1 Å². The summed E-state index contributed by atoms with van der Waals surface area (Å²) >= 11 is 1.39. The van der Waals surface area contributed by atoms with Gasteiger partial charge in [0.25, 0.3) is 0 Å². The van der Waals surface area contributed by atoms with Gasteiger partial charge in [-0.25, -0.2) is 5.43 Å². The molecule has 0 aliphatic rings. The number of hydrogen-bond acceptors (Lipinski definition) is 6. The van der Waals surface area contributed by atoms with E-state index in [-0.39, 0.29) is 6.04 Å². The molecule has 0 spiro atoms. The van der Waals surface area contributed by atoms with Crippen molar-refractivity contribution in [3.05, 3.63) is 52.7 Å². The van der Waals surface area contributed by atoms with E-state index in [4.69, 9.17) is 5.84 Å². The molecule has 20 heavy (non-hydrogen) atoms. The zero-order valence-corrected chi connectivity index (χ0v) is 11.9. The fraction of sp³-hybridized carbons (Fsp3) is 0.214. The van der Waals surface area contributed by atoms with Gasteiger partial charge in [0, 0.05) is 11.6 Å². The fourth-order valence-corrected chi connectivity index (χ4v) is 3.10. The molecule has 0 bridgehead atoms. The Bertz CT molecular complexity index is 724. The summed E-state index contributed by atoms with van der Waals surface area (Å²) in [4.78, 5) is 5.40. The first kappa shape index (κ1) is 13.1. The summed E-state index contributed by atoms with van der Waals surface area (Å²) < 4.78 is 4.03.